The molecule has 0 fully saturated rings. The SMILES string of the molecule is CCCCCCC(=NOCCCCC(=O)O)C(Cc1ccccc1)n1ccnc1. The Hall–Kier alpha value is -2.63. The first kappa shape index (κ1) is 22.7. The monoisotopic (exact) mass is 399 g/mol. The minimum absolute atomic E-state index is 0.0561. The second-order valence-corrected chi connectivity index (χ2v) is 7.29. The molecule has 0 saturated heterocycles. The van der Waals surface area contributed by atoms with E-state index in [0.717, 1.165) is 25.0 Å². The molecular formula is C23H33N3O3. The fourth-order valence-electron chi connectivity index (χ4n) is 3.26. The molecule has 1 heterocycles. The number of nitrogens with zero attached hydrogens (tertiary/aromatic N) is 3. The van der Waals surface area contributed by atoms with Crippen LogP contribution in [0.2, 0.25) is 0 Å². The van der Waals surface area contributed by atoms with Gasteiger partial charge in [0.2, 0.25) is 0 Å². The van der Waals surface area contributed by atoms with Gasteiger partial charge in [-0.1, -0.05) is 61.7 Å². The zero-order valence-electron chi connectivity index (χ0n) is 17.4. The molecule has 2 aromatic rings. The molecule has 0 bridgehead atoms. The zero-order valence-corrected chi connectivity index (χ0v) is 17.4. The normalized spacial score (nSPS) is 12.7. The molecule has 0 aliphatic heterocycles. The Bertz CT molecular complexity index is 714. The van der Waals surface area contributed by atoms with E-state index in [1.165, 1.54) is 24.8 Å². The topological polar surface area (TPSA) is 76.7 Å². The van der Waals surface area contributed by atoms with Crippen LogP contribution in [0.5, 0.6) is 0 Å². The highest BCUT2D eigenvalue weighted by atomic mass is 16.6. The Morgan fingerprint density at radius 3 is 2.62 bits per heavy atom. The van der Waals surface area contributed by atoms with Crippen molar-refractivity contribution >= 4 is 11.7 Å². The number of benzene rings is 1. The zero-order chi connectivity index (χ0) is 20.7. The van der Waals surface area contributed by atoms with Crippen molar-refractivity contribution in [2.45, 2.75) is 70.8 Å². The van der Waals surface area contributed by atoms with Gasteiger partial charge >= 0.3 is 5.97 Å². The molecule has 158 valence electrons. The van der Waals surface area contributed by atoms with Crippen LogP contribution in [0.25, 0.3) is 0 Å². The van der Waals surface area contributed by atoms with Gasteiger partial charge in [0.15, 0.2) is 0 Å². The fraction of sp³-hybridized carbons (Fsp3) is 0.522. The quantitative estimate of drug-likeness (QED) is 0.252. The fourth-order valence-corrected chi connectivity index (χ4v) is 3.26. The third-order valence-electron chi connectivity index (χ3n) is 4.89. The molecular weight excluding hydrogens is 366 g/mol. The maximum atomic E-state index is 10.6. The second kappa shape index (κ2) is 13.5. The molecule has 6 nitrogen and oxygen atoms in total. The largest absolute Gasteiger partial charge is 0.481 e. The van der Waals surface area contributed by atoms with Crippen LogP contribution < -0.4 is 0 Å². The van der Waals surface area contributed by atoms with Crippen LogP contribution >= 0.6 is 0 Å². The summed E-state index contributed by atoms with van der Waals surface area (Å²) >= 11 is 0. The van der Waals surface area contributed by atoms with E-state index < -0.39 is 5.97 Å². The lowest BCUT2D eigenvalue weighted by Crippen LogP contribution is -2.22. The molecule has 0 aliphatic rings. The number of oxime groups is 1. The Balaban J connectivity index is 2.07. The van der Waals surface area contributed by atoms with Gasteiger partial charge in [0, 0.05) is 18.8 Å². The maximum Gasteiger partial charge on any atom is 0.303 e. The molecule has 1 aromatic heterocycles. The van der Waals surface area contributed by atoms with Gasteiger partial charge in [-0.15, -0.1) is 0 Å². The van der Waals surface area contributed by atoms with Gasteiger partial charge in [-0.05, 0) is 37.7 Å². The number of imidazole rings is 1. The molecule has 2 rings (SSSR count). The van der Waals surface area contributed by atoms with Crippen LogP contribution in [0, 0.1) is 0 Å². The predicted octanol–water partition coefficient (Wildman–Crippen LogP) is 5.26. The van der Waals surface area contributed by atoms with Gasteiger partial charge in [-0.25, -0.2) is 4.98 Å². The lowest BCUT2D eigenvalue weighted by molar-refractivity contribution is -0.137. The van der Waals surface area contributed by atoms with Crippen molar-refractivity contribution < 1.29 is 14.7 Å². The highest BCUT2D eigenvalue weighted by Gasteiger charge is 2.19. The third-order valence-corrected chi connectivity index (χ3v) is 4.89. The first-order chi connectivity index (χ1) is 14.2. The van der Waals surface area contributed by atoms with Crippen LogP contribution in [-0.2, 0) is 16.1 Å². The van der Waals surface area contributed by atoms with Crippen LogP contribution in [0.3, 0.4) is 0 Å². The number of rotatable bonds is 15. The van der Waals surface area contributed by atoms with E-state index in [9.17, 15) is 4.79 Å². The number of hydrogen-bond acceptors (Lipinski definition) is 4. The smallest absolute Gasteiger partial charge is 0.303 e. The van der Waals surface area contributed by atoms with E-state index in [2.05, 4.69) is 45.9 Å². The van der Waals surface area contributed by atoms with Gasteiger partial charge in [-0.2, -0.15) is 0 Å². The third kappa shape index (κ3) is 8.94. The number of carboxylic acid groups (broad SMARTS) is 1. The van der Waals surface area contributed by atoms with E-state index >= 15 is 0 Å². The summed E-state index contributed by atoms with van der Waals surface area (Å²) in [5.74, 6) is -0.770. The first-order valence-corrected chi connectivity index (χ1v) is 10.6. The predicted molar refractivity (Wildman–Crippen MR) is 115 cm³/mol. The second-order valence-electron chi connectivity index (χ2n) is 7.29. The van der Waals surface area contributed by atoms with E-state index in [1.807, 2.05) is 18.6 Å². The number of unbranched alkanes of at least 4 members (excludes halogenated alkanes) is 4. The summed E-state index contributed by atoms with van der Waals surface area (Å²) in [5, 5.41) is 13.3. The van der Waals surface area contributed by atoms with Crippen molar-refractivity contribution in [1.82, 2.24) is 9.55 Å². The van der Waals surface area contributed by atoms with Crippen LogP contribution in [0.15, 0.2) is 54.2 Å². The minimum Gasteiger partial charge on any atom is -0.481 e. The summed E-state index contributed by atoms with van der Waals surface area (Å²) in [4.78, 5) is 20.5. The summed E-state index contributed by atoms with van der Waals surface area (Å²) in [5.41, 5.74) is 2.26. The lowest BCUT2D eigenvalue weighted by atomic mass is 9.97. The number of carboxylic acids is 1. The first-order valence-electron chi connectivity index (χ1n) is 10.6. The summed E-state index contributed by atoms with van der Waals surface area (Å²) in [6, 6.07) is 10.4. The number of aliphatic carboxylic acids is 1. The number of aromatic nitrogens is 2. The summed E-state index contributed by atoms with van der Waals surface area (Å²) in [7, 11) is 0. The minimum atomic E-state index is -0.770. The average molecular weight is 400 g/mol. The molecule has 0 spiro atoms. The van der Waals surface area contributed by atoms with Gasteiger partial charge in [-0.3, -0.25) is 4.79 Å². The van der Waals surface area contributed by atoms with Crippen LogP contribution in [0.4, 0.5) is 0 Å². The highest BCUT2D eigenvalue weighted by molar-refractivity contribution is 5.88. The maximum absolute atomic E-state index is 10.6. The molecule has 0 amide bonds. The van der Waals surface area contributed by atoms with E-state index in [4.69, 9.17) is 9.94 Å². The molecule has 0 radical (unpaired) electrons. The van der Waals surface area contributed by atoms with Gasteiger partial charge < -0.3 is 14.5 Å². The molecule has 29 heavy (non-hydrogen) atoms. The number of hydrogen-bond donors (Lipinski definition) is 1. The van der Waals surface area contributed by atoms with Gasteiger partial charge in [0.05, 0.1) is 18.1 Å². The van der Waals surface area contributed by atoms with Crippen molar-refractivity contribution in [3.05, 3.63) is 54.6 Å². The molecule has 1 aromatic carbocycles. The van der Waals surface area contributed by atoms with Gasteiger partial charge in [0.1, 0.15) is 6.61 Å². The Kier molecular flexibility index (Phi) is 10.6. The standard InChI is InChI=1S/C23H33N3O3/c1-2-3-4-8-13-21(25-29-17-10-9-14-23(27)28)22(26-16-15-24-19-26)18-20-11-6-5-7-12-20/h5-7,11-12,15-16,19,22H,2-4,8-10,13-14,17-18H2,1H3,(H,27,28). The summed E-state index contributed by atoms with van der Waals surface area (Å²) in [6.07, 6.45) is 13.4. The van der Waals surface area contributed by atoms with E-state index in [0.29, 0.717) is 19.4 Å². The van der Waals surface area contributed by atoms with Crippen LogP contribution in [0.1, 0.15) is 69.9 Å². The van der Waals surface area contributed by atoms with Crippen molar-refractivity contribution in [2.24, 2.45) is 5.16 Å². The molecule has 0 saturated carbocycles. The van der Waals surface area contributed by atoms with E-state index in [-0.39, 0.29) is 12.5 Å². The van der Waals surface area contributed by atoms with Crippen molar-refractivity contribution in [2.75, 3.05) is 6.61 Å². The molecule has 1 atom stereocenters. The Morgan fingerprint density at radius 1 is 1.14 bits per heavy atom. The molecule has 6 heteroatoms. The molecule has 1 N–H and O–H groups in total. The van der Waals surface area contributed by atoms with E-state index in [1.54, 1.807) is 6.20 Å². The van der Waals surface area contributed by atoms with Crippen molar-refractivity contribution in [3.8, 4) is 0 Å². The van der Waals surface area contributed by atoms with Crippen molar-refractivity contribution in [3.63, 3.8) is 0 Å². The lowest BCUT2D eigenvalue weighted by Gasteiger charge is -2.21. The summed E-state index contributed by atoms with van der Waals surface area (Å²) < 4.78 is 2.10. The Labute approximate surface area is 173 Å². The molecule has 1 unspecified atom stereocenters. The van der Waals surface area contributed by atoms with Gasteiger partial charge in [0.25, 0.3) is 0 Å². The highest BCUT2D eigenvalue weighted by Crippen LogP contribution is 2.20. The molecule has 0 aliphatic carbocycles. The van der Waals surface area contributed by atoms with Crippen molar-refractivity contribution in [1.29, 1.82) is 0 Å². The average Bonchev–Trinajstić information content (AvgIpc) is 3.25. The van der Waals surface area contributed by atoms with Crippen LogP contribution in [-0.4, -0.2) is 32.9 Å². The Morgan fingerprint density at radius 2 is 1.93 bits per heavy atom. The summed E-state index contributed by atoms with van der Waals surface area (Å²) in [6.45, 7) is 2.65. The number of carbonyl (C=O) groups is 1.